The van der Waals surface area contributed by atoms with Crippen LogP contribution in [-0.2, 0) is 9.53 Å². The molecule has 2 heterocycles. The largest absolute Gasteiger partial charge is 0.481 e. The summed E-state index contributed by atoms with van der Waals surface area (Å²) < 4.78 is 5.64. The first kappa shape index (κ1) is 13.8. The molecular weight excluding hydrogens is 230 g/mol. The van der Waals surface area contributed by atoms with Gasteiger partial charge in [-0.15, -0.1) is 0 Å². The fourth-order valence-corrected chi connectivity index (χ4v) is 3.31. The minimum absolute atomic E-state index is 0.139. The third kappa shape index (κ3) is 3.04. The molecule has 18 heavy (non-hydrogen) atoms. The Morgan fingerprint density at radius 2 is 2.17 bits per heavy atom. The minimum Gasteiger partial charge on any atom is -0.481 e. The third-order valence-corrected chi connectivity index (χ3v) is 4.33. The number of nitrogens with zero attached hydrogens (tertiary/aromatic N) is 1. The molecule has 0 amide bonds. The van der Waals surface area contributed by atoms with Crippen molar-refractivity contribution in [2.24, 2.45) is 11.8 Å². The Balaban J connectivity index is 1.69. The molecule has 2 bridgehead atoms. The maximum absolute atomic E-state index is 11.1. The standard InChI is InChI=1S/C14H25NO3/c1-10(2)5-7-18-8-6-15-11-3-4-13(15)12(9-11)14(16)17/h10-13H,3-9H2,1-2H3,(H,16,17). The Bertz CT molecular complexity index is 293. The van der Waals surface area contributed by atoms with Gasteiger partial charge >= 0.3 is 5.97 Å². The van der Waals surface area contributed by atoms with Crippen LogP contribution in [0.2, 0.25) is 0 Å². The number of carboxylic acids is 1. The van der Waals surface area contributed by atoms with E-state index >= 15 is 0 Å². The van der Waals surface area contributed by atoms with Crippen LogP contribution in [-0.4, -0.2) is 47.8 Å². The van der Waals surface area contributed by atoms with Crippen LogP contribution in [0.15, 0.2) is 0 Å². The summed E-state index contributed by atoms with van der Waals surface area (Å²) in [4.78, 5) is 13.5. The zero-order valence-electron chi connectivity index (χ0n) is 11.5. The lowest BCUT2D eigenvalue weighted by Crippen LogP contribution is -2.35. The van der Waals surface area contributed by atoms with Gasteiger partial charge in [0, 0.05) is 25.2 Å². The fraction of sp³-hybridized carbons (Fsp3) is 0.929. The molecule has 2 rings (SSSR count). The van der Waals surface area contributed by atoms with Crippen molar-refractivity contribution in [3.05, 3.63) is 0 Å². The number of carboxylic acid groups (broad SMARTS) is 1. The predicted molar refractivity (Wildman–Crippen MR) is 69.5 cm³/mol. The van der Waals surface area contributed by atoms with E-state index in [0.717, 1.165) is 39.0 Å². The van der Waals surface area contributed by atoms with Crippen molar-refractivity contribution in [1.82, 2.24) is 4.90 Å². The van der Waals surface area contributed by atoms with Gasteiger partial charge in [-0.3, -0.25) is 9.69 Å². The molecule has 0 radical (unpaired) electrons. The van der Waals surface area contributed by atoms with Crippen molar-refractivity contribution in [1.29, 1.82) is 0 Å². The Hall–Kier alpha value is -0.610. The Morgan fingerprint density at radius 3 is 2.78 bits per heavy atom. The molecule has 3 unspecified atom stereocenters. The number of aliphatic carboxylic acids is 1. The van der Waals surface area contributed by atoms with Crippen molar-refractivity contribution in [2.75, 3.05) is 19.8 Å². The van der Waals surface area contributed by atoms with E-state index in [-0.39, 0.29) is 12.0 Å². The molecule has 0 spiro atoms. The maximum atomic E-state index is 11.1. The second-order valence-corrected chi connectivity index (χ2v) is 6.01. The molecule has 0 aromatic carbocycles. The highest BCUT2D eigenvalue weighted by molar-refractivity contribution is 5.71. The molecule has 104 valence electrons. The van der Waals surface area contributed by atoms with E-state index < -0.39 is 5.97 Å². The molecule has 0 aromatic rings. The molecule has 0 saturated carbocycles. The lowest BCUT2D eigenvalue weighted by Gasteiger charge is -2.22. The number of rotatable bonds is 7. The highest BCUT2D eigenvalue weighted by Crippen LogP contribution is 2.41. The number of fused-ring (bicyclic) bond motifs is 2. The van der Waals surface area contributed by atoms with Crippen LogP contribution in [0.1, 0.15) is 39.5 Å². The summed E-state index contributed by atoms with van der Waals surface area (Å²) in [5.74, 6) is -0.0725. The first-order chi connectivity index (χ1) is 8.59. The minimum atomic E-state index is -0.618. The van der Waals surface area contributed by atoms with E-state index in [4.69, 9.17) is 9.84 Å². The van der Waals surface area contributed by atoms with Gasteiger partial charge in [-0.25, -0.2) is 0 Å². The topological polar surface area (TPSA) is 49.8 Å². The van der Waals surface area contributed by atoms with E-state index in [0.29, 0.717) is 12.0 Å². The summed E-state index contributed by atoms with van der Waals surface area (Å²) in [6, 6.07) is 0.756. The first-order valence-corrected chi connectivity index (χ1v) is 7.16. The lowest BCUT2D eigenvalue weighted by molar-refractivity contribution is -0.142. The molecule has 4 heteroatoms. The van der Waals surface area contributed by atoms with Crippen LogP contribution in [0, 0.1) is 11.8 Å². The van der Waals surface area contributed by atoms with E-state index in [1.807, 2.05) is 0 Å². The Labute approximate surface area is 109 Å². The molecular formula is C14H25NO3. The van der Waals surface area contributed by atoms with E-state index in [2.05, 4.69) is 18.7 Å². The summed E-state index contributed by atoms with van der Waals surface area (Å²) in [7, 11) is 0. The van der Waals surface area contributed by atoms with Crippen molar-refractivity contribution >= 4 is 5.97 Å². The quantitative estimate of drug-likeness (QED) is 0.707. The number of ether oxygens (including phenoxy) is 1. The van der Waals surface area contributed by atoms with E-state index in [1.54, 1.807) is 0 Å². The van der Waals surface area contributed by atoms with Gasteiger partial charge in [0.15, 0.2) is 0 Å². The number of hydrogen-bond acceptors (Lipinski definition) is 3. The van der Waals surface area contributed by atoms with Crippen LogP contribution in [0.5, 0.6) is 0 Å². The highest BCUT2D eigenvalue weighted by atomic mass is 16.5. The van der Waals surface area contributed by atoms with Crippen LogP contribution in [0.3, 0.4) is 0 Å². The van der Waals surface area contributed by atoms with Crippen LogP contribution in [0.25, 0.3) is 0 Å². The van der Waals surface area contributed by atoms with Crippen LogP contribution in [0.4, 0.5) is 0 Å². The van der Waals surface area contributed by atoms with Crippen LogP contribution < -0.4 is 0 Å². The summed E-state index contributed by atoms with van der Waals surface area (Å²) >= 11 is 0. The van der Waals surface area contributed by atoms with Gasteiger partial charge in [-0.2, -0.15) is 0 Å². The van der Waals surface area contributed by atoms with Gasteiger partial charge in [0.2, 0.25) is 0 Å². The van der Waals surface area contributed by atoms with E-state index in [9.17, 15) is 4.79 Å². The lowest BCUT2D eigenvalue weighted by atomic mass is 9.89. The van der Waals surface area contributed by atoms with Gasteiger partial charge in [0.1, 0.15) is 0 Å². The second-order valence-electron chi connectivity index (χ2n) is 6.01. The molecule has 2 aliphatic heterocycles. The Kier molecular flexibility index (Phi) is 4.62. The molecule has 2 fully saturated rings. The number of carbonyl (C=O) groups is 1. The van der Waals surface area contributed by atoms with Crippen LogP contribution >= 0.6 is 0 Å². The van der Waals surface area contributed by atoms with Gasteiger partial charge in [0.25, 0.3) is 0 Å². The summed E-state index contributed by atoms with van der Waals surface area (Å²) in [6.07, 6.45) is 4.16. The molecule has 3 atom stereocenters. The molecule has 4 nitrogen and oxygen atoms in total. The molecule has 2 saturated heterocycles. The third-order valence-electron chi connectivity index (χ3n) is 4.33. The van der Waals surface area contributed by atoms with E-state index in [1.165, 1.54) is 6.42 Å². The van der Waals surface area contributed by atoms with Crippen molar-refractivity contribution < 1.29 is 14.6 Å². The molecule has 2 aliphatic rings. The normalized spacial score (nSPS) is 31.4. The van der Waals surface area contributed by atoms with Crippen molar-refractivity contribution in [3.8, 4) is 0 Å². The average molecular weight is 255 g/mol. The molecule has 0 aliphatic carbocycles. The fourth-order valence-electron chi connectivity index (χ4n) is 3.31. The SMILES string of the molecule is CC(C)CCOCCN1C2CCC1C(C(=O)O)C2. The van der Waals surface area contributed by atoms with Crippen molar-refractivity contribution in [3.63, 3.8) is 0 Å². The first-order valence-electron chi connectivity index (χ1n) is 7.16. The highest BCUT2D eigenvalue weighted by Gasteiger charge is 2.48. The van der Waals surface area contributed by atoms with Gasteiger partial charge in [-0.1, -0.05) is 13.8 Å². The second kappa shape index (κ2) is 6.02. The Morgan fingerprint density at radius 1 is 1.39 bits per heavy atom. The zero-order chi connectivity index (χ0) is 13.1. The summed E-state index contributed by atoms with van der Waals surface area (Å²) in [6.45, 7) is 6.86. The monoisotopic (exact) mass is 255 g/mol. The van der Waals surface area contributed by atoms with Crippen molar-refractivity contribution in [2.45, 2.75) is 51.6 Å². The molecule has 1 N–H and O–H groups in total. The van der Waals surface area contributed by atoms with Gasteiger partial charge in [0.05, 0.1) is 12.5 Å². The predicted octanol–water partition coefficient (Wildman–Crippen LogP) is 1.99. The molecule has 0 aromatic heterocycles. The zero-order valence-corrected chi connectivity index (χ0v) is 11.5. The smallest absolute Gasteiger partial charge is 0.308 e. The number of hydrogen-bond donors (Lipinski definition) is 1. The summed E-state index contributed by atoms with van der Waals surface area (Å²) in [5.41, 5.74) is 0. The van der Waals surface area contributed by atoms with Gasteiger partial charge in [-0.05, 0) is 31.6 Å². The average Bonchev–Trinajstić information content (AvgIpc) is 2.85. The summed E-state index contributed by atoms with van der Waals surface area (Å²) in [5, 5.41) is 9.17. The van der Waals surface area contributed by atoms with Gasteiger partial charge < -0.3 is 9.84 Å². The maximum Gasteiger partial charge on any atom is 0.308 e.